The molecule has 1 rings (SSSR count). The van der Waals surface area contributed by atoms with Crippen LogP contribution < -0.4 is 5.73 Å². The van der Waals surface area contributed by atoms with E-state index in [9.17, 15) is 0 Å². The molecule has 0 amide bonds. The van der Waals surface area contributed by atoms with E-state index in [2.05, 4.69) is 11.8 Å². The fourth-order valence-corrected chi connectivity index (χ4v) is 3.26. The van der Waals surface area contributed by atoms with Crippen LogP contribution in [0.4, 0.5) is 0 Å². The predicted octanol–water partition coefficient (Wildman–Crippen LogP) is 3.57. The third kappa shape index (κ3) is 7.05. The summed E-state index contributed by atoms with van der Waals surface area (Å²) in [6.07, 6.45) is 13.8. The molecule has 0 bridgehead atoms. The quantitative estimate of drug-likeness (QED) is 0.590. The number of rotatable bonds is 11. The number of hydrogen-bond acceptors (Lipinski definition) is 3. The van der Waals surface area contributed by atoms with Gasteiger partial charge in [-0.05, 0) is 19.3 Å². The van der Waals surface area contributed by atoms with E-state index in [-0.39, 0.29) is 0 Å². The number of unbranched alkanes of at least 4 members (excludes halogenated alkanes) is 6. The van der Waals surface area contributed by atoms with Crippen LogP contribution in [0.25, 0.3) is 0 Å². The average Bonchev–Trinajstić information content (AvgIpc) is 2.50. The lowest BCUT2D eigenvalue weighted by atomic mass is 10.0. The molecule has 0 aromatic heterocycles. The Labute approximate surface area is 126 Å². The number of hydrogen-bond donors (Lipinski definition) is 1. The lowest BCUT2D eigenvalue weighted by Crippen LogP contribution is -2.46. The Hall–Kier alpha value is -0.120. The van der Waals surface area contributed by atoms with Crippen LogP contribution >= 0.6 is 0 Å². The van der Waals surface area contributed by atoms with Crippen LogP contribution in [0.2, 0.25) is 0 Å². The molecule has 0 aliphatic carbocycles. The number of nitrogens with zero attached hydrogens (tertiary/aromatic N) is 1. The van der Waals surface area contributed by atoms with Gasteiger partial charge >= 0.3 is 0 Å². The Balaban J connectivity index is 2.07. The molecule has 1 aliphatic rings. The normalized spacial score (nSPS) is 19.4. The van der Waals surface area contributed by atoms with Crippen molar-refractivity contribution in [2.75, 3.05) is 26.7 Å². The summed E-state index contributed by atoms with van der Waals surface area (Å²) in [6.45, 7) is 5.42. The smallest absolute Gasteiger partial charge is 0.0595 e. The van der Waals surface area contributed by atoms with E-state index in [0.717, 1.165) is 19.6 Å². The Bertz CT molecular complexity index is 215. The summed E-state index contributed by atoms with van der Waals surface area (Å²) < 4.78 is 5.44. The van der Waals surface area contributed by atoms with Crippen molar-refractivity contribution in [1.29, 1.82) is 0 Å². The number of likely N-dealkylation sites (tertiary alicyclic amines) is 1. The second kappa shape index (κ2) is 11.5. The molecule has 20 heavy (non-hydrogen) atoms. The van der Waals surface area contributed by atoms with Crippen LogP contribution in [-0.2, 0) is 4.74 Å². The van der Waals surface area contributed by atoms with Gasteiger partial charge in [0, 0.05) is 32.8 Å². The Morgan fingerprint density at radius 3 is 2.20 bits per heavy atom. The maximum Gasteiger partial charge on any atom is 0.0595 e. The second-order valence-electron chi connectivity index (χ2n) is 6.27. The van der Waals surface area contributed by atoms with Gasteiger partial charge < -0.3 is 10.5 Å². The van der Waals surface area contributed by atoms with Gasteiger partial charge in [-0.25, -0.2) is 0 Å². The molecule has 1 heterocycles. The zero-order valence-corrected chi connectivity index (χ0v) is 13.8. The van der Waals surface area contributed by atoms with Gasteiger partial charge in [0.25, 0.3) is 0 Å². The molecule has 0 saturated carbocycles. The SMILES string of the molecule is CCCCCCCCCC(CN)N1CCC(OC)CC1. The second-order valence-corrected chi connectivity index (χ2v) is 6.27. The molecule has 3 heteroatoms. The molecule has 0 aromatic rings. The van der Waals surface area contributed by atoms with E-state index in [4.69, 9.17) is 10.5 Å². The van der Waals surface area contributed by atoms with Crippen molar-refractivity contribution in [3.05, 3.63) is 0 Å². The first kappa shape index (κ1) is 17.9. The van der Waals surface area contributed by atoms with Crippen molar-refractivity contribution in [1.82, 2.24) is 4.90 Å². The Morgan fingerprint density at radius 2 is 1.65 bits per heavy atom. The average molecular weight is 284 g/mol. The van der Waals surface area contributed by atoms with Gasteiger partial charge in [-0.15, -0.1) is 0 Å². The van der Waals surface area contributed by atoms with Gasteiger partial charge in [0.1, 0.15) is 0 Å². The third-order valence-electron chi connectivity index (χ3n) is 4.74. The molecule has 1 atom stereocenters. The van der Waals surface area contributed by atoms with E-state index >= 15 is 0 Å². The van der Waals surface area contributed by atoms with Crippen molar-refractivity contribution in [2.45, 2.75) is 83.3 Å². The van der Waals surface area contributed by atoms with Crippen molar-refractivity contribution in [2.24, 2.45) is 5.73 Å². The summed E-state index contributed by atoms with van der Waals surface area (Å²) in [5.74, 6) is 0. The van der Waals surface area contributed by atoms with Gasteiger partial charge in [-0.1, -0.05) is 51.9 Å². The summed E-state index contributed by atoms with van der Waals surface area (Å²) in [7, 11) is 1.83. The number of nitrogens with two attached hydrogens (primary N) is 1. The van der Waals surface area contributed by atoms with Crippen LogP contribution in [0.5, 0.6) is 0 Å². The van der Waals surface area contributed by atoms with Crippen molar-refractivity contribution in [3.63, 3.8) is 0 Å². The number of ether oxygens (including phenoxy) is 1. The van der Waals surface area contributed by atoms with Gasteiger partial charge in [-0.2, -0.15) is 0 Å². The molecular formula is C17H36N2O. The Kier molecular flexibility index (Phi) is 10.3. The van der Waals surface area contributed by atoms with Crippen LogP contribution in [-0.4, -0.2) is 43.8 Å². The monoisotopic (exact) mass is 284 g/mol. The van der Waals surface area contributed by atoms with Gasteiger partial charge in [-0.3, -0.25) is 4.90 Å². The molecule has 2 N–H and O–H groups in total. The van der Waals surface area contributed by atoms with Gasteiger partial charge in [0.2, 0.25) is 0 Å². The molecule has 0 radical (unpaired) electrons. The molecule has 1 saturated heterocycles. The van der Waals surface area contributed by atoms with Crippen LogP contribution in [0.1, 0.15) is 71.1 Å². The summed E-state index contributed by atoms with van der Waals surface area (Å²) in [4.78, 5) is 2.59. The predicted molar refractivity (Wildman–Crippen MR) is 87.1 cm³/mol. The summed E-state index contributed by atoms with van der Waals surface area (Å²) in [5.41, 5.74) is 5.98. The van der Waals surface area contributed by atoms with E-state index < -0.39 is 0 Å². The minimum atomic E-state index is 0.475. The highest BCUT2D eigenvalue weighted by atomic mass is 16.5. The maximum atomic E-state index is 5.98. The first-order valence-corrected chi connectivity index (χ1v) is 8.78. The van der Waals surface area contributed by atoms with E-state index in [1.54, 1.807) is 0 Å². The minimum absolute atomic E-state index is 0.475. The molecule has 120 valence electrons. The Morgan fingerprint density at radius 1 is 1.05 bits per heavy atom. The summed E-state index contributed by atoms with van der Waals surface area (Å²) in [5, 5.41) is 0. The van der Waals surface area contributed by atoms with Crippen molar-refractivity contribution in [3.8, 4) is 0 Å². The molecule has 1 aliphatic heterocycles. The van der Waals surface area contributed by atoms with Crippen molar-refractivity contribution >= 4 is 0 Å². The molecule has 0 spiro atoms. The molecule has 3 nitrogen and oxygen atoms in total. The largest absolute Gasteiger partial charge is 0.381 e. The van der Waals surface area contributed by atoms with Crippen molar-refractivity contribution < 1.29 is 4.74 Å². The lowest BCUT2D eigenvalue weighted by molar-refractivity contribution is 0.0267. The topological polar surface area (TPSA) is 38.5 Å². The van der Waals surface area contributed by atoms with Crippen LogP contribution in [0.15, 0.2) is 0 Å². The molecule has 0 aromatic carbocycles. The van der Waals surface area contributed by atoms with Crippen LogP contribution in [0.3, 0.4) is 0 Å². The zero-order chi connectivity index (χ0) is 14.6. The molecule has 1 fully saturated rings. The third-order valence-corrected chi connectivity index (χ3v) is 4.74. The summed E-state index contributed by atoms with van der Waals surface area (Å²) >= 11 is 0. The summed E-state index contributed by atoms with van der Waals surface area (Å²) in [6, 6.07) is 0.600. The fraction of sp³-hybridized carbons (Fsp3) is 1.00. The van der Waals surface area contributed by atoms with E-state index in [1.165, 1.54) is 64.2 Å². The highest BCUT2D eigenvalue weighted by molar-refractivity contribution is 4.79. The van der Waals surface area contributed by atoms with Crippen LogP contribution in [0, 0.1) is 0 Å². The standard InChI is InChI=1S/C17H36N2O/c1-3-4-5-6-7-8-9-10-16(15-18)19-13-11-17(20-2)12-14-19/h16-17H,3-15,18H2,1-2H3. The van der Waals surface area contributed by atoms with E-state index in [0.29, 0.717) is 12.1 Å². The lowest BCUT2D eigenvalue weighted by Gasteiger charge is -2.36. The first-order valence-electron chi connectivity index (χ1n) is 8.78. The first-order chi connectivity index (χ1) is 9.81. The maximum absolute atomic E-state index is 5.98. The fourth-order valence-electron chi connectivity index (χ4n) is 3.26. The highest BCUT2D eigenvalue weighted by Gasteiger charge is 2.23. The minimum Gasteiger partial charge on any atom is -0.381 e. The number of methoxy groups -OCH3 is 1. The molecular weight excluding hydrogens is 248 g/mol. The highest BCUT2D eigenvalue weighted by Crippen LogP contribution is 2.18. The zero-order valence-electron chi connectivity index (χ0n) is 13.8. The van der Waals surface area contributed by atoms with Gasteiger partial charge in [0.05, 0.1) is 6.10 Å². The molecule has 1 unspecified atom stereocenters. The van der Waals surface area contributed by atoms with E-state index in [1.807, 2.05) is 7.11 Å². The number of piperidine rings is 1. The van der Waals surface area contributed by atoms with Gasteiger partial charge in [0.15, 0.2) is 0 Å².